The quantitative estimate of drug-likeness (QED) is 0.754. The molecule has 1 aromatic carbocycles. The second-order valence-electron chi connectivity index (χ2n) is 6.06. The highest BCUT2D eigenvalue weighted by Gasteiger charge is 2.18. The molecular weight excluding hydrogens is 300 g/mol. The van der Waals surface area contributed by atoms with Crippen molar-refractivity contribution in [1.82, 2.24) is 19.9 Å². The van der Waals surface area contributed by atoms with E-state index in [0.717, 1.165) is 51.0 Å². The number of fused-ring (bicyclic) bond motifs is 1. The summed E-state index contributed by atoms with van der Waals surface area (Å²) in [6.45, 7) is 6.03. The number of nitrogens with zero attached hydrogens (tertiary/aromatic N) is 4. The number of aromatic amines is 1. The molecule has 3 heterocycles. The normalized spacial score (nSPS) is 15.8. The second-order valence-corrected chi connectivity index (χ2v) is 6.06. The molecule has 0 unspecified atom stereocenters. The number of H-pyrrole nitrogens is 1. The third kappa shape index (κ3) is 3.19. The molecule has 1 aliphatic rings. The smallest absolute Gasteiger partial charge is 0.225 e. The van der Waals surface area contributed by atoms with Gasteiger partial charge in [-0.05, 0) is 6.07 Å². The van der Waals surface area contributed by atoms with Gasteiger partial charge in [-0.1, -0.05) is 24.3 Å². The molecule has 0 atom stereocenters. The summed E-state index contributed by atoms with van der Waals surface area (Å²) in [6.07, 6.45) is 5.66. The second kappa shape index (κ2) is 6.88. The maximum absolute atomic E-state index is 4.33. The molecule has 0 radical (unpaired) electrons. The largest absolute Gasteiger partial charge is 0.370 e. The number of piperazine rings is 1. The van der Waals surface area contributed by atoms with E-state index in [1.807, 2.05) is 6.07 Å². The van der Waals surface area contributed by atoms with E-state index in [1.54, 1.807) is 12.4 Å². The number of nitrogens with one attached hydrogen (secondary N) is 2. The van der Waals surface area contributed by atoms with E-state index in [0.29, 0.717) is 0 Å². The van der Waals surface area contributed by atoms with E-state index in [1.165, 1.54) is 10.8 Å². The van der Waals surface area contributed by atoms with E-state index >= 15 is 0 Å². The SMILES string of the molecule is c1cnc(N2CCN(CCNc3[nH]cc4ccccc34)CC2)nc1. The molecule has 6 heteroatoms. The average molecular weight is 322 g/mol. The van der Waals surface area contributed by atoms with E-state index in [4.69, 9.17) is 0 Å². The molecule has 6 nitrogen and oxygen atoms in total. The van der Waals surface area contributed by atoms with Crippen molar-refractivity contribution in [2.45, 2.75) is 0 Å². The van der Waals surface area contributed by atoms with Crippen molar-refractivity contribution in [2.75, 3.05) is 49.5 Å². The van der Waals surface area contributed by atoms with Gasteiger partial charge in [0.25, 0.3) is 0 Å². The molecule has 0 amide bonds. The van der Waals surface area contributed by atoms with Crippen LogP contribution in [0.4, 0.5) is 11.8 Å². The van der Waals surface area contributed by atoms with Gasteiger partial charge in [0.05, 0.1) is 0 Å². The zero-order valence-electron chi connectivity index (χ0n) is 13.7. The number of rotatable bonds is 5. The molecule has 2 N–H and O–H groups in total. The van der Waals surface area contributed by atoms with Crippen molar-refractivity contribution in [1.29, 1.82) is 0 Å². The molecule has 4 rings (SSSR count). The summed E-state index contributed by atoms with van der Waals surface area (Å²) in [5.74, 6) is 1.95. The van der Waals surface area contributed by atoms with E-state index in [2.05, 4.69) is 60.5 Å². The van der Waals surface area contributed by atoms with Crippen molar-refractivity contribution in [2.24, 2.45) is 0 Å². The minimum absolute atomic E-state index is 0.841. The average Bonchev–Trinajstić information content (AvgIpc) is 3.06. The molecule has 1 aliphatic heterocycles. The monoisotopic (exact) mass is 322 g/mol. The Morgan fingerprint density at radius 1 is 1.00 bits per heavy atom. The Balaban J connectivity index is 1.26. The number of anilines is 2. The molecule has 0 bridgehead atoms. The van der Waals surface area contributed by atoms with Crippen LogP contribution in [0.15, 0.2) is 48.9 Å². The first-order chi connectivity index (χ1) is 11.9. The van der Waals surface area contributed by atoms with Gasteiger partial charge in [-0.25, -0.2) is 9.97 Å². The first-order valence-corrected chi connectivity index (χ1v) is 8.44. The molecule has 2 aromatic heterocycles. The van der Waals surface area contributed by atoms with E-state index < -0.39 is 0 Å². The van der Waals surface area contributed by atoms with Crippen molar-refractivity contribution in [3.63, 3.8) is 0 Å². The molecule has 0 saturated carbocycles. The van der Waals surface area contributed by atoms with Gasteiger partial charge in [0, 0.05) is 68.6 Å². The van der Waals surface area contributed by atoms with Crippen LogP contribution in [0.25, 0.3) is 10.8 Å². The first kappa shape index (κ1) is 15.0. The summed E-state index contributed by atoms with van der Waals surface area (Å²) < 4.78 is 0. The van der Waals surface area contributed by atoms with Crippen LogP contribution >= 0.6 is 0 Å². The maximum Gasteiger partial charge on any atom is 0.225 e. The summed E-state index contributed by atoms with van der Waals surface area (Å²) in [5, 5.41) is 6.02. The highest BCUT2D eigenvalue weighted by molar-refractivity contribution is 5.92. The van der Waals surface area contributed by atoms with Crippen LogP contribution in [-0.4, -0.2) is 59.1 Å². The molecule has 1 saturated heterocycles. The van der Waals surface area contributed by atoms with Crippen LogP contribution in [0.3, 0.4) is 0 Å². The van der Waals surface area contributed by atoms with Gasteiger partial charge < -0.3 is 15.2 Å². The molecule has 1 fully saturated rings. The first-order valence-electron chi connectivity index (χ1n) is 8.44. The lowest BCUT2D eigenvalue weighted by atomic mass is 10.2. The van der Waals surface area contributed by atoms with Crippen molar-refractivity contribution in [3.8, 4) is 0 Å². The molecule has 24 heavy (non-hydrogen) atoms. The lowest BCUT2D eigenvalue weighted by Gasteiger charge is -2.34. The van der Waals surface area contributed by atoms with Crippen LogP contribution in [-0.2, 0) is 0 Å². The standard InChI is InChI=1S/C18H22N6/c1-2-5-16-15(4-1)14-22-17(16)19-8-9-23-10-12-24(13-11-23)18-20-6-3-7-21-18/h1-7,14,19,22H,8-13H2. The minimum atomic E-state index is 0.841. The number of aromatic nitrogens is 3. The number of hydrogen-bond acceptors (Lipinski definition) is 5. The van der Waals surface area contributed by atoms with E-state index in [9.17, 15) is 0 Å². The van der Waals surface area contributed by atoms with Gasteiger partial charge >= 0.3 is 0 Å². The fourth-order valence-electron chi connectivity index (χ4n) is 3.19. The Kier molecular flexibility index (Phi) is 4.29. The summed E-state index contributed by atoms with van der Waals surface area (Å²) in [7, 11) is 0. The zero-order chi connectivity index (χ0) is 16.2. The van der Waals surface area contributed by atoms with Crippen LogP contribution in [0, 0.1) is 0 Å². The van der Waals surface area contributed by atoms with E-state index in [-0.39, 0.29) is 0 Å². The van der Waals surface area contributed by atoms with Gasteiger partial charge in [0.2, 0.25) is 5.95 Å². The molecular formula is C18H22N6. The predicted octanol–water partition coefficient (Wildman–Crippen LogP) is 2.19. The Bertz CT molecular complexity index is 776. The summed E-state index contributed by atoms with van der Waals surface area (Å²) >= 11 is 0. The Hall–Kier alpha value is -2.60. The Morgan fingerprint density at radius 3 is 2.62 bits per heavy atom. The predicted molar refractivity (Wildman–Crippen MR) is 97.5 cm³/mol. The van der Waals surface area contributed by atoms with Crippen LogP contribution in [0.1, 0.15) is 0 Å². The lowest BCUT2D eigenvalue weighted by Crippen LogP contribution is -2.48. The van der Waals surface area contributed by atoms with Crippen molar-refractivity contribution >= 4 is 22.5 Å². The molecule has 0 spiro atoms. The van der Waals surface area contributed by atoms with Gasteiger partial charge in [-0.15, -0.1) is 0 Å². The van der Waals surface area contributed by atoms with Crippen LogP contribution in [0.5, 0.6) is 0 Å². The van der Waals surface area contributed by atoms with Gasteiger partial charge in [0.15, 0.2) is 0 Å². The highest BCUT2D eigenvalue weighted by atomic mass is 15.3. The summed E-state index contributed by atoms with van der Waals surface area (Å²) in [5.41, 5.74) is 0. The minimum Gasteiger partial charge on any atom is -0.370 e. The fraction of sp³-hybridized carbons (Fsp3) is 0.333. The third-order valence-corrected chi connectivity index (χ3v) is 4.54. The highest BCUT2D eigenvalue weighted by Crippen LogP contribution is 2.21. The molecule has 124 valence electrons. The molecule has 3 aromatic rings. The maximum atomic E-state index is 4.33. The summed E-state index contributed by atoms with van der Waals surface area (Å²) in [6, 6.07) is 10.3. The number of hydrogen-bond donors (Lipinski definition) is 2. The topological polar surface area (TPSA) is 60.1 Å². The van der Waals surface area contributed by atoms with Crippen molar-refractivity contribution < 1.29 is 0 Å². The van der Waals surface area contributed by atoms with Crippen molar-refractivity contribution in [3.05, 3.63) is 48.9 Å². The van der Waals surface area contributed by atoms with Gasteiger partial charge in [-0.3, -0.25) is 4.90 Å². The fourth-order valence-corrected chi connectivity index (χ4v) is 3.19. The Morgan fingerprint density at radius 2 is 1.79 bits per heavy atom. The van der Waals surface area contributed by atoms with Crippen LogP contribution < -0.4 is 10.2 Å². The number of benzene rings is 1. The van der Waals surface area contributed by atoms with Gasteiger partial charge in [0.1, 0.15) is 5.82 Å². The third-order valence-electron chi connectivity index (χ3n) is 4.54. The lowest BCUT2D eigenvalue weighted by molar-refractivity contribution is 0.266. The summed E-state index contributed by atoms with van der Waals surface area (Å²) in [4.78, 5) is 16.7. The Labute approximate surface area is 141 Å². The zero-order valence-corrected chi connectivity index (χ0v) is 13.7. The van der Waals surface area contributed by atoms with Crippen LogP contribution in [0.2, 0.25) is 0 Å². The van der Waals surface area contributed by atoms with Gasteiger partial charge in [-0.2, -0.15) is 0 Å². The molecule has 0 aliphatic carbocycles.